The van der Waals surface area contributed by atoms with Crippen LogP contribution < -0.4 is 0 Å². The molecule has 120 valence electrons. The molecule has 10 heteroatoms. The van der Waals surface area contributed by atoms with Crippen LogP contribution in [0.25, 0.3) is 0 Å². The molecule has 7 nitrogen and oxygen atoms in total. The Balaban J connectivity index is 3.42. The first-order chi connectivity index (χ1) is 10.2. The van der Waals surface area contributed by atoms with Crippen LogP contribution >= 0.6 is 23.2 Å². The number of nitrogens with one attached hydrogen (secondary N) is 1. The van der Waals surface area contributed by atoms with Gasteiger partial charge in [0.05, 0.1) is 32.8 Å². The Bertz CT molecular complexity index is 649. The van der Waals surface area contributed by atoms with Gasteiger partial charge in [-0.2, -0.15) is 0 Å². The number of hydrogen-bond donors (Lipinski definition) is 1. The molecule has 0 saturated heterocycles. The lowest BCUT2D eigenvalue weighted by molar-refractivity contribution is -0.384. The van der Waals surface area contributed by atoms with E-state index in [4.69, 9.17) is 28.6 Å². The highest BCUT2D eigenvalue weighted by atomic mass is 35.5. The number of nitrogens with zero attached hydrogens (tertiary/aromatic N) is 1. The fourth-order valence-electron chi connectivity index (χ4n) is 1.59. The molecule has 0 aliphatic rings. The maximum absolute atomic E-state index is 12.6. The summed E-state index contributed by atoms with van der Waals surface area (Å²) in [6.45, 7) is 1.61. The van der Waals surface area contributed by atoms with Crippen molar-refractivity contribution in [1.82, 2.24) is 0 Å². The first-order valence-electron chi connectivity index (χ1n) is 5.93. The average molecular weight is 367 g/mol. The molecule has 1 N–H and O–H groups in total. The summed E-state index contributed by atoms with van der Waals surface area (Å²) in [6.07, 6.45) is 0.165. The quantitative estimate of drug-likeness (QED) is 0.360. The highest BCUT2D eigenvalue weighted by molar-refractivity contribution is 7.87. The molecule has 0 aromatic heterocycles. The first-order valence-corrected chi connectivity index (χ1v) is 7.90. The maximum Gasteiger partial charge on any atom is 0.327 e. The summed E-state index contributed by atoms with van der Waals surface area (Å²) in [5, 5.41) is 17.0. The van der Waals surface area contributed by atoms with Gasteiger partial charge in [0.2, 0.25) is 0 Å². The topological polar surface area (TPSA) is 110 Å². The summed E-state index contributed by atoms with van der Waals surface area (Å²) in [6, 6.07) is 2.03. The lowest BCUT2D eigenvalue weighted by Crippen LogP contribution is -2.34. The number of hydrogen-bond acceptors (Lipinski definition) is 6. The average Bonchev–Trinajstić information content (AvgIpc) is 2.46. The summed E-state index contributed by atoms with van der Waals surface area (Å²) in [5.41, 5.74) is -0.611. The Morgan fingerprint density at radius 1 is 1.45 bits per heavy atom. The molecule has 0 saturated carbocycles. The zero-order valence-electron chi connectivity index (χ0n) is 11.6. The third-order valence-electron chi connectivity index (χ3n) is 2.74. The van der Waals surface area contributed by atoms with Crippen molar-refractivity contribution in [2.24, 2.45) is 0 Å². The van der Waals surface area contributed by atoms with Crippen LogP contribution in [0, 0.1) is 15.5 Å². The molecular weight excluding hydrogens is 355 g/mol. The summed E-state index contributed by atoms with van der Waals surface area (Å²) in [4.78, 5) is 21.8. The second-order valence-electron chi connectivity index (χ2n) is 4.07. The summed E-state index contributed by atoms with van der Waals surface area (Å²) in [7, 11) is -1.02. The number of nitro benzene ring substituents is 1. The van der Waals surface area contributed by atoms with Crippen LogP contribution in [0.4, 0.5) is 5.69 Å². The number of benzene rings is 1. The Morgan fingerprint density at radius 3 is 2.50 bits per heavy atom. The van der Waals surface area contributed by atoms with Gasteiger partial charge in [-0.3, -0.25) is 19.1 Å². The molecule has 0 radical (unpaired) electrons. The lowest BCUT2D eigenvalue weighted by Gasteiger charge is -2.15. The molecule has 1 aromatic carbocycles. The van der Waals surface area contributed by atoms with Gasteiger partial charge in [0.15, 0.2) is 5.25 Å². The minimum absolute atomic E-state index is 0.0910. The molecule has 2 unspecified atom stereocenters. The van der Waals surface area contributed by atoms with E-state index >= 15 is 0 Å². The van der Waals surface area contributed by atoms with Gasteiger partial charge in [-0.15, -0.1) is 0 Å². The zero-order valence-corrected chi connectivity index (χ0v) is 13.9. The van der Waals surface area contributed by atoms with Gasteiger partial charge in [-0.05, 0) is 12.5 Å². The summed E-state index contributed by atoms with van der Waals surface area (Å²) >= 11 is 11.6. The van der Waals surface area contributed by atoms with Crippen molar-refractivity contribution in [3.63, 3.8) is 0 Å². The van der Waals surface area contributed by atoms with Crippen LogP contribution in [0.2, 0.25) is 10.0 Å². The van der Waals surface area contributed by atoms with E-state index in [1.165, 1.54) is 0 Å². The van der Waals surface area contributed by atoms with Crippen molar-refractivity contribution in [3.8, 4) is 0 Å². The van der Waals surface area contributed by atoms with Crippen LogP contribution in [-0.2, 0) is 20.3 Å². The number of carbonyl (C=O) groups excluding carboxylic acids is 1. The molecule has 0 heterocycles. The molecule has 1 aromatic rings. The van der Waals surface area contributed by atoms with Crippen LogP contribution in [0.5, 0.6) is 0 Å². The molecule has 2 atom stereocenters. The minimum Gasteiger partial charge on any atom is -0.468 e. The number of nitro groups is 1. The third kappa shape index (κ3) is 3.82. The van der Waals surface area contributed by atoms with Gasteiger partial charge < -0.3 is 10.1 Å². The molecule has 0 aliphatic heterocycles. The molecule has 1 rings (SSSR count). The van der Waals surface area contributed by atoms with Crippen molar-refractivity contribution in [3.05, 3.63) is 32.3 Å². The van der Waals surface area contributed by atoms with Crippen LogP contribution in [0.3, 0.4) is 0 Å². The SMILES string of the molecule is CCC(=N)C(C(=O)OC)S(=O)c1cc([N+](=O)[O-])c(Cl)cc1Cl. The lowest BCUT2D eigenvalue weighted by atomic mass is 10.2. The predicted molar refractivity (Wildman–Crippen MR) is 83.3 cm³/mol. The Hall–Kier alpha value is -1.51. The molecule has 0 amide bonds. The van der Waals surface area contributed by atoms with Crippen molar-refractivity contribution in [2.45, 2.75) is 23.5 Å². The fraction of sp³-hybridized carbons (Fsp3) is 0.333. The normalized spacial score (nSPS) is 13.3. The van der Waals surface area contributed by atoms with E-state index in [2.05, 4.69) is 4.74 Å². The van der Waals surface area contributed by atoms with E-state index in [0.717, 1.165) is 19.2 Å². The van der Waals surface area contributed by atoms with Crippen LogP contribution in [-0.4, -0.2) is 33.2 Å². The highest BCUT2D eigenvalue weighted by Gasteiger charge is 2.33. The summed E-state index contributed by atoms with van der Waals surface area (Å²) in [5.74, 6) is -0.876. The standard InChI is InChI=1S/C12H12Cl2N2O5S/c1-3-8(15)11(12(17)21-2)22(20)10-5-9(16(18)19)6(13)4-7(10)14/h4-5,11,15H,3H2,1-2H3. The molecule has 0 fully saturated rings. The van der Waals surface area contributed by atoms with Gasteiger partial charge in [0.25, 0.3) is 5.69 Å². The van der Waals surface area contributed by atoms with E-state index in [0.29, 0.717) is 0 Å². The highest BCUT2D eigenvalue weighted by Crippen LogP contribution is 2.33. The third-order valence-corrected chi connectivity index (χ3v) is 5.15. The van der Waals surface area contributed by atoms with E-state index in [9.17, 15) is 19.1 Å². The van der Waals surface area contributed by atoms with Crippen LogP contribution in [0.1, 0.15) is 13.3 Å². The van der Waals surface area contributed by atoms with Gasteiger partial charge in [0, 0.05) is 11.8 Å². The van der Waals surface area contributed by atoms with Crippen molar-refractivity contribution in [1.29, 1.82) is 5.41 Å². The van der Waals surface area contributed by atoms with E-state index in [1.807, 2.05) is 0 Å². The van der Waals surface area contributed by atoms with Gasteiger partial charge in [-0.1, -0.05) is 30.1 Å². The zero-order chi connectivity index (χ0) is 17.0. The number of esters is 1. The second-order valence-corrected chi connectivity index (χ2v) is 6.39. The van der Waals surface area contributed by atoms with Crippen LogP contribution in [0.15, 0.2) is 17.0 Å². The Kier molecular flexibility index (Phi) is 6.46. The smallest absolute Gasteiger partial charge is 0.327 e. The maximum atomic E-state index is 12.6. The second kappa shape index (κ2) is 7.66. The number of ether oxygens (including phenoxy) is 1. The van der Waals surface area contributed by atoms with Crippen molar-refractivity contribution >= 4 is 51.4 Å². The number of carbonyl (C=O) groups is 1. The molecule has 0 aliphatic carbocycles. The Labute approximate surface area is 138 Å². The Morgan fingerprint density at radius 2 is 2.05 bits per heavy atom. The van der Waals surface area contributed by atoms with Crippen molar-refractivity contribution < 1.29 is 18.7 Å². The number of halogens is 2. The monoisotopic (exact) mass is 366 g/mol. The van der Waals surface area contributed by atoms with Gasteiger partial charge >= 0.3 is 5.97 Å². The number of methoxy groups -OCH3 is 1. The fourth-order valence-corrected chi connectivity index (χ4v) is 3.70. The largest absolute Gasteiger partial charge is 0.468 e. The van der Waals surface area contributed by atoms with Crippen molar-refractivity contribution in [2.75, 3.05) is 7.11 Å². The molecule has 0 spiro atoms. The molecule has 0 bridgehead atoms. The van der Waals surface area contributed by atoms with E-state index in [1.54, 1.807) is 6.92 Å². The van der Waals surface area contributed by atoms with E-state index in [-0.39, 0.29) is 27.1 Å². The molecule has 22 heavy (non-hydrogen) atoms. The van der Waals surface area contributed by atoms with Gasteiger partial charge in [0.1, 0.15) is 5.02 Å². The van der Waals surface area contributed by atoms with Gasteiger partial charge in [-0.25, -0.2) is 0 Å². The van der Waals surface area contributed by atoms with E-state index < -0.39 is 32.6 Å². The minimum atomic E-state index is -2.12. The molecular formula is C12H12Cl2N2O5S. The first kappa shape index (κ1) is 18.5. The summed E-state index contributed by atoms with van der Waals surface area (Å²) < 4.78 is 17.1. The predicted octanol–water partition coefficient (Wildman–Crippen LogP) is 2.98. The number of rotatable bonds is 6.